The van der Waals surface area contributed by atoms with E-state index in [4.69, 9.17) is 0 Å². The molecule has 0 unspecified atom stereocenters. The lowest BCUT2D eigenvalue weighted by Crippen LogP contribution is -2.13. The van der Waals surface area contributed by atoms with E-state index < -0.39 is 6.36 Å². The molecule has 57 valence electrons. The number of alkyl halides is 3. The van der Waals surface area contributed by atoms with Crippen LogP contribution >= 0.6 is 11.9 Å². The van der Waals surface area contributed by atoms with Crippen LogP contribution in [0.5, 0.6) is 0 Å². The Kier molecular flexibility index (Phi) is 2.10. The molecule has 2 nitrogen and oxygen atoms in total. The molecule has 10 heavy (non-hydrogen) atoms. The first kappa shape index (κ1) is 7.74. The molecule has 1 rings (SSSR count). The second-order valence-corrected chi connectivity index (χ2v) is 2.16. The van der Waals surface area contributed by atoms with Gasteiger partial charge in [-0.05, 0) is 11.9 Å². The number of ether oxygens (including phenoxy) is 1. The third-order valence-corrected chi connectivity index (χ3v) is 1.28. The molecule has 0 aromatic carbocycles. The lowest BCUT2D eigenvalue weighted by atomic mass is 10.6. The van der Waals surface area contributed by atoms with Gasteiger partial charge in [0.05, 0.1) is 6.54 Å². The molecule has 1 aliphatic heterocycles. The van der Waals surface area contributed by atoms with E-state index in [0.717, 1.165) is 18.5 Å². The lowest BCUT2D eigenvalue weighted by molar-refractivity contribution is -0.304. The minimum Gasteiger partial charge on any atom is -0.408 e. The molecule has 1 aliphatic rings. The second-order valence-electron chi connectivity index (χ2n) is 1.45. The first-order valence-corrected chi connectivity index (χ1v) is 3.16. The van der Waals surface area contributed by atoms with E-state index >= 15 is 0 Å². The van der Waals surface area contributed by atoms with E-state index in [2.05, 4.69) is 9.46 Å². The second kappa shape index (κ2) is 2.71. The zero-order valence-electron chi connectivity index (χ0n) is 4.61. The summed E-state index contributed by atoms with van der Waals surface area (Å²) >= 11 is 1.03. The summed E-state index contributed by atoms with van der Waals surface area (Å²) in [5, 5.41) is 1.23. The van der Waals surface area contributed by atoms with Crippen molar-refractivity contribution in [3.8, 4) is 0 Å². The fourth-order valence-corrected chi connectivity index (χ4v) is 0.890. The number of hydrogen-bond donors (Lipinski definition) is 1. The van der Waals surface area contributed by atoms with Crippen LogP contribution in [0, 0.1) is 6.54 Å². The topological polar surface area (TPSA) is 21.3 Å². The first-order valence-electron chi connectivity index (χ1n) is 2.28. The summed E-state index contributed by atoms with van der Waals surface area (Å²) < 4.78 is 40.2. The van der Waals surface area contributed by atoms with E-state index in [1.807, 2.05) is 0 Å². The van der Waals surface area contributed by atoms with Gasteiger partial charge in [-0.1, -0.05) is 0 Å². The van der Waals surface area contributed by atoms with Crippen LogP contribution in [-0.4, -0.2) is 6.36 Å². The van der Waals surface area contributed by atoms with Gasteiger partial charge in [-0.2, -0.15) is 0 Å². The predicted molar refractivity (Wildman–Crippen MR) is 30.2 cm³/mol. The molecule has 0 spiro atoms. The minimum atomic E-state index is -4.59. The van der Waals surface area contributed by atoms with Crippen LogP contribution in [-0.2, 0) is 4.74 Å². The monoisotopic (exact) mass is 170 g/mol. The molecule has 0 saturated heterocycles. The molecule has 0 saturated carbocycles. The Morgan fingerprint density at radius 3 is 2.60 bits per heavy atom. The molecular formula is C4H3F3NOS. The van der Waals surface area contributed by atoms with E-state index in [9.17, 15) is 13.2 Å². The first-order chi connectivity index (χ1) is 4.58. The highest BCUT2D eigenvalue weighted by Crippen LogP contribution is 2.25. The van der Waals surface area contributed by atoms with Crippen molar-refractivity contribution in [3.05, 3.63) is 17.7 Å². The van der Waals surface area contributed by atoms with Crippen molar-refractivity contribution in [1.29, 1.82) is 0 Å². The van der Waals surface area contributed by atoms with Gasteiger partial charge in [-0.15, -0.1) is 13.2 Å². The number of halogens is 3. The van der Waals surface area contributed by atoms with Crippen molar-refractivity contribution in [2.45, 2.75) is 6.36 Å². The van der Waals surface area contributed by atoms with Gasteiger partial charge in [0.25, 0.3) is 0 Å². The van der Waals surface area contributed by atoms with Gasteiger partial charge in [0, 0.05) is 5.41 Å². The normalized spacial score (nSPS) is 18.9. The van der Waals surface area contributed by atoms with Crippen LogP contribution in [0.2, 0.25) is 0 Å². The maximum Gasteiger partial charge on any atom is 0.572 e. The van der Waals surface area contributed by atoms with E-state index in [1.165, 1.54) is 5.41 Å². The van der Waals surface area contributed by atoms with Gasteiger partial charge in [0.1, 0.15) is 5.76 Å². The van der Waals surface area contributed by atoms with Gasteiger partial charge in [0.15, 0.2) is 0 Å². The summed E-state index contributed by atoms with van der Waals surface area (Å²) in [7, 11) is 0. The quantitative estimate of drug-likeness (QED) is 0.606. The van der Waals surface area contributed by atoms with Gasteiger partial charge in [0.2, 0.25) is 0 Å². The predicted octanol–water partition coefficient (Wildman–Crippen LogP) is 1.78. The number of rotatable bonds is 1. The molecule has 0 bridgehead atoms. The Labute approximate surface area is 59.6 Å². The van der Waals surface area contributed by atoms with Crippen molar-refractivity contribution in [1.82, 2.24) is 4.72 Å². The van der Waals surface area contributed by atoms with Crippen molar-refractivity contribution < 1.29 is 17.9 Å². The van der Waals surface area contributed by atoms with Gasteiger partial charge in [-0.25, -0.2) is 4.72 Å². The molecule has 0 aromatic rings. The van der Waals surface area contributed by atoms with E-state index in [1.54, 1.807) is 0 Å². The molecule has 1 N–H and O–H groups in total. The van der Waals surface area contributed by atoms with Crippen LogP contribution in [0.15, 0.2) is 11.2 Å². The standard InChI is InChI=1S/C4H3F3NOS/c5-4(6,7)9-3-1-8-10-2-3/h1-2,8H. The van der Waals surface area contributed by atoms with Crippen LogP contribution in [0.1, 0.15) is 0 Å². The van der Waals surface area contributed by atoms with E-state index in [0.29, 0.717) is 0 Å². The molecule has 0 aromatic heterocycles. The molecule has 0 atom stereocenters. The summed E-state index contributed by atoms with van der Waals surface area (Å²) in [6.07, 6.45) is -4.59. The average molecular weight is 170 g/mol. The largest absolute Gasteiger partial charge is 0.572 e. The molecule has 0 amide bonds. The Bertz CT molecular complexity index is 155. The molecule has 0 aliphatic carbocycles. The smallest absolute Gasteiger partial charge is 0.408 e. The lowest BCUT2D eigenvalue weighted by Gasteiger charge is -2.07. The number of nitrogens with one attached hydrogen (secondary N) is 1. The summed E-state index contributed by atoms with van der Waals surface area (Å²) in [5.41, 5.74) is 0. The Balaban J connectivity index is 2.38. The summed E-state index contributed by atoms with van der Waals surface area (Å²) in [6.45, 7) is 1.14. The highest BCUT2D eigenvalue weighted by atomic mass is 32.2. The Morgan fingerprint density at radius 2 is 2.20 bits per heavy atom. The van der Waals surface area contributed by atoms with Crippen molar-refractivity contribution >= 4 is 11.9 Å². The SMILES string of the molecule is FC(F)(F)OC1=CSN[CH]1. The molecule has 1 heterocycles. The highest BCUT2D eigenvalue weighted by molar-refractivity contribution is 8.00. The summed E-state index contributed by atoms with van der Waals surface area (Å²) in [6, 6.07) is 0. The zero-order valence-corrected chi connectivity index (χ0v) is 5.42. The van der Waals surface area contributed by atoms with Gasteiger partial charge in [-0.3, -0.25) is 0 Å². The van der Waals surface area contributed by atoms with Crippen LogP contribution < -0.4 is 4.72 Å². The Hall–Kier alpha value is -0.360. The van der Waals surface area contributed by atoms with Crippen molar-refractivity contribution in [2.24, 2.45) is 0 Å². The maximum absolute atomic E-state index is 11.4. The van der Waals surface area contributed by atoms with Crippen LogP contribution in [0.25, 0.3) is 0 Å². The van der Waals surface area contributed by atoms with Crippen molar-refractivity contribution in [3.63, 3.8) is 0 Å². The average Bonchev–Trinajstić information content (AvgIpc) is 2.12. The highest BCUT2D eigenvalue weighted by Gasteiger charge is 2.32. The van der Waals surface area contributed by atoms with E-state index in [-0.39, 0.29) is 5.76 Å². The fraction of sp³-hybridized carbons (Fsp3) is 0.250. The zero-order chi connectivity index (χ0) is 7.61. The van der Waals surface area contributed by atoms with Crippen LogP contribution in [0.4, 0.5) is 13.2 Å². The third-order valence-electron chi connectivity index (χ3n) is 0.678. The minimum absolute atomic E-state index is 0.211. The Morgan fingerprint density at radius 1 is 1.50 bits per heavy atom. The van der Waals surface area contributed by atoms with Gasteiger partial charge < -0.3 is 4.74 Å². The molecule has 6 heteroatoms. The van der Waals surface area contributed by atoms with Gasteiger partial charge >= 0.3 is 6.36 Å². The molecular weight excluding hydrogens is 167 g/mol. The number of hydrogen-bond acceptors (Lipinski definition) is 3. The fourth-order valence-electron chi connectivity index (χ4n) is 0.405. The maximum atomic E-state index is 11.4. The van der Waals surface area contributed by atoms with Crippen molar-refractivity contribution in [2.75, 3.05) is 0 Å². The summed E-state index contributed by atoms with van der Waals surface area (Å²) in [4.78, 5) is 0. The molecule has 1 radical (unpaired) electrons. The molecule has 0 fully saturated rings. The van der Waals surface area contributed by atoms with Crippen LogP contribution in [0.3, 0.4) is 0 Å². The summed E-state index contributed by atoms with van der Waals surface area (Å²) in [5.74, 6) is -0.211. The third kappa shape index (κ3) is 2.49.